The van der Waals surface area contributed by atoms with Gasteiger partial charge in [-0.25, -0.2) is 0 Å². The van der Waals surface area contributed by atoms with Crippen LogP contribution in [-0.2, 0) is 13.1 Å². The molecule has 1 aromatic heterocycles. The summed E-state index contributed by atoms with van der Waals surface area (Å²) in [5.41, 5.74) is 1.53. The van der Waals surface area contributed by atoms with Crippen LogP contribution in [0, 0.1) is 5.92 Å². The van der Waals surface area contributed by atoms with E-state index in [1.54, 1.807) is 0 Å². The fourth-order valence-corrected chi connectivity index (χ4v) is 4.00. The summed E-state index contributed by atoms with van der Waals surface area (Å²) in [5, 5.41) is 5.03. The number of hydrogen-bond acceptors (Lipinski definition) is 3. The van der Waals surface area contributed by atoms with Crippen molar-refractivity contribution >= 4 is 21.4 Å². The summed E-state index contributed by atoms with van der Waals surface area (Å²) in [6.07, 6.45) is 2.85. The fourth-order valence-electron chi connectivity index (χ4n) is 2.84. The Hall–Kier alpha value is -0.900. The van der Waals surface area contributed by atoms with Crippen LogP contribution in [0.25, 0.3) is 10.1 Å². The van der Waals surface area contributed by atoms with Gasteiger partial charge in [0.15, 0.2) is 0 Å². The highest BCUT2D eigenvalue weighted by Crippen LogP contribution is 2.34. The minimum Gasteiger partial charge on any atom is -0.310 e. The van der Waals surface area contributed by atoms with E-state index in [4.69, 9.17) is 0 Å². The lowest BCUT2D eigenvalue weighted by Crippen LogP contribution is -2.24. The van der Waals surface area contributed by atoms with Gasteiger partial charge in [-0.05, 0) is 42.8 Å². The number of nitrogens with one attached hydrogen (secondary N) is 1. The fraction of sp³-hybridized carbons (Fsp3) is 0.556. The van der Waals surface area contributed by atoms with Crippen molar-refractivity contribution in [3.8, 4) is 0 Å². The number of benzene rings is 1. The smallest absolute Gasteiger partial charge is 0.0349 e. The first-order valence-electron chi connectivity index (χ1n) is 8.04. The van der Waals surface area contributed by atoms with Crippen LogP contribution in [0.3, 0.4) is 0 Å². The van der Waals surface area contributed by atoms with Crippen LogP contribution in [-0.4, -0.2) is 24.5 Å². The standard InChI is InChI=1S/C18H26N2S/c1-13(2)19-10-18-16(12-20(3)11-14-8-9-14)15-6-4-5-7-17(15)21-18/h4-7,13-14,19H,8-12H2,1-3H3. The van der Waals surface area contributed by atoms with Crippen LogP contribution >= 0.6 is 11.3 Å². The normalized spacial score (nSPS) is 15.5. The maximum absolute atomic E-state index is 3.58. The lowest BCUT2D eigenvalue weighted by Gasteiger charge is -2.17. The molecule has 1 aliphatic carbocycles. The number of thiophene rings is 1. The third-order valence-electron chi connectivity index (χ3n) is 4.15. The molecule has 0 aliphatic heterocycles. The van der Waals surface area contributed by atoms with E-state index in [-0.39, 0.29) is 0 Å². The monoisotopic (exact) mass is 302 g/mol. The Morgan fingerprint density at radius 1 is 1.29 bits per heavy atom. The maximum atomic E-state index is 3.58. The highest BCUT2D eigenvalue weighted by Gasteiger charge is 2.23. The largest absolute Gasteiger partial charge is 0.310 e. The molecule has 0 unspecified atom stereocenters. The number of nitrogens with zero attached hydrogens (tertiary/aromatic N) is 1. The minimum atomic E-state index is 0.534. The average molecular weight is 302 g/mol. The van der Waals surface area contributed by atoms with Crippen LogP contribution in [0.15, 0.2) is 24.3 Å². The molecule has 1 heterocycles. The first kappa shape index (κ1) is 15.0. The Balaban J connectivity index is 1.83. The molecule has 114 valence electrons. The van der Waals surface area contributed by atoms with Gasteiger partial charge in [-0.3, -0.25) is 0 Å². The quantitative estimate of drug-likeness (QED) is 0.823. The summed E-state index contributed by atoms with van der Waals surface area (Å²) >= 11 is 1.95. The lowest BCUT2D eigenvalue weighted by molar-refractivity contribution is 0.313. The van der Waals surface area contributed by atoms with Gasteiger partial charge in [-0.2, -0.15) is 0 Å². The molecular weight excluding hydrogens is 276 g/mol. The molecule has 2 aromatic rings. The van der Waals surface area contributed by atoms with E-state index >= 15 is 0 Å². The zero-order valence-corrected chi connectivity index (χ0v) is 14.2. The SMILES string of the molecule is CC(C)NCc1sc2ccccc2c1CN(C)CC1CC1. The molecule has 0 amide bonds. The Morgan fingerprint density at radius 3 is 2.76 bits per heavy atom. The molecule has 0 atom stereocenters. The van der Waals surface area contributed by atoms with Crippen molar-refractivity contribution in [1.82, 2.24) is 10.2 Å². The summed E-state index contributed by atoms with van der Waals surface area (Å²) < 4.78 is 1.42. The Morgan fingerprint density at radius 2 is 2.05 bits per heavy atom. The molecule has 1 aromatic carbocycles. The summed E-state index contributed by atoms with van der Waals surface area (Å²) in [6, 6.07) is 9.39. The Labute approximate surface area is 132 Å². The van der Waals surface area contributed by atoms with E-state index < -0.39 is 0 Å². The van der Waals surface area contributed by atoms with Gasteiger partial charge in [0.1, 0.15) is 0 Å². The predicted molar refractivity (Wildman–Crippen MR) is 92.9 cm³/mol. The molecule has 0 spiro atoms. The van der Waals surface area contributed by atoms with Crippen LogP contribution in [0.4, 0.5) is 0 Å². The second-order valence-corrected chi connectivity index (χ2v) is 7.81. The van der Waals surface area contributed by atoms with E-state index in [9.17, 15) is 0 Å². The van der Waals surface area contributed by atoms with Crippen molar-refractivity contribution in [2.75, 3.05) is 13.6 Å². The van der Waals surface area contributed by atoms with Crippen molar-refractivity contribution in [3.05, 3.63) is 34.7 Å². The molecular formula is C18H26N2S. The molecule has 1 fully saturated rings. The predicted octanol–water partition coefficient (Wildman–Crippen LogP) is 4.24. The topological polar surface area (TPSA) is 15.3 Å². The summed E-state index contributed by atoms with van der Waals surface area (Å²) in [4.78, 5) is 4.01. The van der Waals surface area contributed by atoms with Crippen LogP contribution in [0.2, 0.25) is 0 Å². The second-order valence-electron chi connectivity index (χ2n) is 6.68. The number of fused-ring (bicyclic) bond motifs is 1. The van der Waals surface area contributed by atoms with Crippen molar-refractivity contribution < 1.29 is 0 Å². The summed E-state index contributed by atoms with van der Waals surface area (Å²) in [5.74, 6) is 0.956. The van der Waals surface area contributed by atoms with Crippen molar-refractivity contribution in [3.63, 3.8) is 0 Å². The van der Waals surface area contributed by atoms with Gasteiger partial charge >= 0.3 is 0 Å². The van der Waals surface area contributed by atoms with Crippen LogP contribution < -0.4 is 5.32 Å². The van der Waals surface area contributed by atoms with E-state index in [1.807, 2.05) is 11.3 Å². The van der Waals surface area contributed by atoms with E-state index in [1.165, 1.54) is 39.9 Å². The van der Waals surface area contributed by atoms with Crippen molar-refractivity contribution in [2.45, 2.75) is 45.8 Å². The maximum Gasteiger partial charge on any atom is 0.0349 e. The Kier molecular flexibility index (Phi) is 4.63. The molecule has 0 bridgehead atoms. The van der Waals surface area contributed by atoms with Gasteiger partial charge in [-0.1, -0.05) is 32.0 Å². The van der Waals surface area contributed by atoms with Crippen LogP contribution in [0.1, 0.15) is 37.1 Å². The van der Waals surface area contributed by atoms with Gasteiger partial charge in [-0.15, -0.1) is 11.3 Å². The lowest BCUT2D eigenvalue weighted by atomic mass is 10.1. The minimum absolute atomic E-state index is 0.534. The Bertz CT molecular complexity index is 598. The molecule has 1 N–H and O–H groups in total. The van der Waals surface area contributed by atoms with Gasteiger partial charge in [0, 0.05) is 35.3 Å². The molecule has 2 nitrogen and oxygen atoms in total. The zero-order chi connectivity index (χ0) is 14.8. The van der Waals surface area contributed by atoms with Crippen LogP contribution in [0.5, 0.6) is 0 Å². The third kappa shape index (κ3) is 3.85. The van der Waals surface area contributed by atoms with Crippen molar-refractivity contribution in [2.24, 2.45) is 5.92 Å². The molecule has 0 radical (unpaired) electrons. The molecule has 21 heavy (non-hydrogen) atoms. The molecule has 3 rings (SSSR count). The molecule has 1 saturated carbocycles. The summed E-state index contributed by atoms with van der Waals surface area (Å²) in [7, 11) is 2.27. The van der Waals surface area contributed by atoms with E-state index in [0.717, 1.165) is 19.0 Å². The molecule has 1 aliphatic rings. The molecule has 0 saturated heterocycles. The van der Waals surface area contributed by atoms with E-state index in [0.29, 0.717) is 6.04 Å². The first-order chi connectivity index (χ1) is 10.1. The highest BCUT2D eigenvalue weighted by atomic mass is 32.1. The van der Waals surface area contributed by atoms with Gasteiger partial charge in [0.25, 0.3) is 0 Å². The zero-order valence-electron chi connectivity index (χ0n) is 13.4. The molecule has 3 heteroatoms. The van der Waals surface area contributed by atoms with Gasteiger partial charge in [0.05, 0.1) is 0 Å². The van der Waals surface area contributed by atoms with E-state index in [2.05, 4.69) is 55.4 Å². The third-order valence-corrected chi connectivity index (χ3v) is 5.36. The summed E-state index contributed by atoms with van der Waals surface area (Å²) in [6.45, 7) is 7.75. The highest BCUT2D eigenvalue weighted by molar-refractivity contribution is 7.19. The number of rotatable bonds is 7. The van der Waals surface area contributed by atoms with Gasteiger partial charge in [0.2, 0.25) is 0 Å². The first-order valence-corrected chi connectivity index (χ1v) is 8.86. The second kappa shape index (κ2) is 6.47. The van der Waals surface area contributed by atoms with Crippen molar-refractivity contribution in [1.29, 1.82) is 0 Å². The number of hydrogen-bond donors (Lipinski definition) is 1. The van der Waals surface area contributed by atoms with Gasteiger partial charge < -0.3 is 10.2 Å². The average Bonchev–Trinajstić information content (AvgIpc) is 3.19.